The zero-order valence-corrected chi connectivity index (χ0v) is 14.2. The average molecular weight is 337 g/mol. The van der Waals surface area contributed by atoms with E-state index in [1.807, 2.05) is 55.5 Å². The largest absolute Gasteiger partial charge is 0.384 e. The molecule has 0 saturated heterocycles. The Hall–Kier alpha value is -3.15. The van der Waals surface area contributed by atoms with Crippen LogP contribution in [0.5, 0.6) is 0 Å². The van der Waals surface area contributed by atoms with Gasteiger partial charge in [0.15, 0.2) is 12.4 Å². The lowest BCUT2D eigenvalue weighted by atomic mass is 10.1. The number of rotatable bonds is 4. The molecular weight excluding hydrogens is 318 g/mol. The van der Waals surface area contributed by atoms with Gasteiger partial charge in [-0.1, -0.05) is 47.1 Å². The molecule has 0 saturated carbocycles. The van der Waals surface area contributed by atoms with E-state index < -0.39 is 0 Å². The standard InChI is InChI=1S/C19H19N3O3/c1-13-3-7-16(8-4-13)19-21-25-12-18(24)22(19)11-15-5-9-17(10-6-15)20-14(2)23/h3-10H,11-12H2,1-2H3,(H,20,23). The second-order valence-electron chi connectivity index (χ2n) is 5.91. The molecule has 25 heavy (non-hydrogen) atoms. The minimum atomic E-state index is -0.142. The third-order valence-electron chi connectivity index (χ3n) is 3.82. The summed E-state index contributed by atoms with van der Waals surface area (Å²) in [6.45, 7) is 3.78. The van der Waals surface area contributed by atoms with E-state index in [4.69, 9.17) is 4.84 Å². The molecule has 1 N–H and O–H groups in total. The number of nitrogens with zero attached hydrogens (tertiary/aromatic N) is 2. The number of aryl methyl sites for hydroxylation is 1. The molecule has 128 valence electrons. The molecule has 0 atom stereocenters. The second kappa shape index (κ2) is 7.17. The maximum Gasteiger partial charge on any atom is 0.269 e. The van der Waals surface area contributed by atoms with E-state index in [0.29, 0.717) is 12.4 Å². The first-order valence-electron chi connectivity index (χ1n) is 7.97. The highest BCUT2D eigenvalue weighted by atomic mass is 16.6. The summed E-state index contributed by atoms with van der Waals surface area (Å²) in [5.41, 5.74) is 3.61. The van der Waals surface area contributed by atoms with Gasteiger partial charge in [0.2, 0.25) is 5.91 Å². The van der Waals surface area contributed by atoms with E-state index in [9.17, 15) is 9.59 Å². The van der Waals surface area contributed by atoms with Crippen LogP contribution in [0.25, 0.3) is 0 Å². The van der Waals surface area contributed by atoms with Crippen LogP contribution in [0.2, 0.25) is 0 Å². The number of amides is 2. The highest BCUT2D eigenvalue weighted by molar-refractivity contribution is 6.08. The molecule has 0 aliphatic carbocycles. The van der Waals surface area contributed by atoms with Gasteiger partial charge in [0, 0.05) is 18.2 Å². The summed E-state index contributed by atoms with van der Waals surface area (Å²) in [7, 11) is 0. The van der Waals surface area contributed by atoms with Crippen LogP contribution in [0.1, 0.15) is 23.6 Å². The van der Waals surface area contributed by atoms with Crippen molar-refractivity contribution in [1.82, 2.24) is 4.90 Å². The van der Waals surface area contributed by atoms with Gasteiger partial charge in [0.25, 0.3) is 5.91 Å². The second-order valence-corrected chi connectivity index (χ2v) is 5.91. The highest BCUT2D eigenvalue weighted by Gasteiger charge is 2.26. The lowest BCUT2D eigenvalue weighted by molar-refractivity contribution is -0.134. The summed E-state index contributed by atoms with van der Waals surface area (Å²) in [4.78, 5) is 30.1. The molecule has 0 unspecified atom stereocenters. The first-order chi connectivity index (χ1) is 12.0. The fourth-order valence-corrected chi connectivity index (χ4v) is 2.55. The van der Waals surface area contributed by atoms with Crippen LogP contribution < -0.4 is 5.32 Å². The van der Waals surface area contributed by atoms with Crippen molar-refractivity contribution in [2.75, 3.05) is 11.9 Å². The molecule has 0 aromatic heterocycles. The maximum atomic E-state index is 12.3. The average Bonchev–Trinajstić information content (AvgIpc) is 2.59. The molecule has 0 bridgehead atoms. The van der Waals surface area contributed by atoms with Crippen molar-refractivity contribution in [2.45, 2.75) is 20.4 Å². The minimum Gasteiger partial charge on any atom is -0.384 e. The molecule has 0 fully saturated rings. The van der Waals surface area contributed by atoms with Gasteiger partial charge in [-0.3, -0.25) is 14.5 Å². The molecule has 2 aromatic rings. The zero-order chi connectivity index (χ0) is 17.8. The maximum absolute atomic E-state index is 12.3. The summed E-state index contributed by atoms with van der Waals surface area (Å²) in [6, 6.07) is 15.1. The first-order valence-corrected chi connectivity index (χ1v) is 7.97. The van der Waals surface area contributed by atoms with Crippen molar-refractivity contribution >= 4 is 23.3 Å². The van der Waals surface area contributed by atoms with E-state index in [0.717, 1.165) is 22.4 Å². The molecule has 1 aliphatic rings. The molecule has 1 heterocycles. The third-order valence-corrected chi connectivity index (χ3v) is 3.82. The summed E-state index contributed by atoms with van der Waals surface area (Å²) in [6.07, 6.45) is 0. The lowest BCUT2D eigenvalue weighted by Gasteiger charge is -2.27. The van der Waals surface area contributed by atoms with E-state index >= 15 is 0 Å². The summed E-state index contributed by atoms with van der Waals surface area (Å²) >= 11 is 0. The SMILES string of the molecule is CC(=O)Nc1ccc(CN2C(=O)CON=C2c2ccc(C)cc2)cc1. The van der Waals surface area contributed by atoms with Crippen molar-refractivity contribution < 1.29 is 14.4 Å². The molecule has 0 radical (unpaired) electrons. The summed E-state index contributed by atoms with van der Waals surface area (Å²) in [5, 5.41) is 6.80. The van der Waals surface area contributed by atoms with Crippen LogP contribution in [-0.4, -0.2) is 29.2 Å². The topological polar surface area (TPSA) is 71.0 Å². The van der Waals surface area contributed by atoms with Crippen molar-refractivity contribution in [3.63, 3.8) is 0 Å². The molecule has 2 amide bonds. The van der Waals surface area contributed by atoms with Gasteiger partial charge >= 0.3 is 0 Å². The van der Waals surface area contributed by atoms with Crippen LogP contribution >= 0.6 is 0 Å². The van der Waals surface area contributed by atoms with Crippen LogP contribution in [0, 0.1) is 6.92 Å². The number of hydrogen-bond donors (Lipinski definition) is 1. The van der Waals surface area contributed by atoms with E-state index in [1.165, 1.54) is 6.92 Å². The predicted octanol–water partition coefficient (Wildman–Crippen LogP) is 2.67. The number of oxime groups is 1. The number of nitrogens with one attached hydrogen (secondary N) is 1. The predicted molar refractivity (Wildman–Crippen MR) is 95.0 cm³/mol. The van der Waals surface area contributed by atoms with Crippen LogP contribution in [0.3, 0.4) is 0 Å². The van der Waals surface area contributed by atoms with Crippen LogP contribution in [0.15, 0.2) is 53.7 Å². The summed E-state index contributed by atoms with van der Waals surface area (Å²) < 4.78 is 0. The fraction of sp³-hybridized carbons (Fsp3) is 0.211. The Balaban J connectivity index is 1.81. The molecule has 3 rings (SSSR count). The molecule has 6 nitrogen and oxygen atoms in total. The van der Waals surface area contributed by atoms with Gasteiger partial charge < -0.3 is 10.2 Å². The minimum absolute atomic E-state index is 0.0701. The van der Waals surface area contributed by atoms with Crippen LogP contribution in [0.4, 0.5) is 5.69 Å². The number of anilines is 1. The molecular formula is C19H19N3O3. The van der Waals surface area contributed by atoms with Gasteiger partial charge in [-0.05, 0) is 24.6 Å². The van der Waals surface area contributed by atoms with E-state index in [1.54, 1.807) is 4.90 Å². The zero-order valence-electron chi connectivity index (χ0n) is 14.2. The highest BCUT2D eigenvalue weighted by Crippen LogP contribution is 2.17. The normalized spacial score (nSPS) is 13.9. The Morgan fingerprint density at radius 2 is 1.84 bits per heavy atom. The Bertz CT molecular complexity index is 811. The van der Waals surface area contributed by atoms with Gasteiger partial charge in [0.05, 0.1) is 6.54 Å². The van der Waals surface area contributed by atoms with Crippen molar-refractivity contribution in [3.05, 3.63) is 65.2 Å². The number of amidine groups is 1. The van der Waals surface area contributed by atoms with Gasteiger partial charge in [-0.15, -0.1) is 0 Å². The Morgan fingerprint density at radius 3 is 2.48 bits per heavy atom. The third kappa shape index (κ3) is 4.03. The van der Waals surface area contributed by atoms with Crippen molar-refractivity contribution in [1.29, 1.82) is 0 Å². The van der Waals surface area contributed by atoms with Gasteiger partial charge in [-0.25, -0.2) is 0 Å². The Morgan fingerprint density at radius 1 is 1.16 bits per heavy atom. The Kier molecular flexibility index (Phi) is 4.79. The quantitative estimate of drug-likeness (QED) is 0.932. The van der Waals surface area contributed by atoms with Gasteiger partial charge in [-0.2, -0.15) is 0 Å². The number of carbonyl (C=O) groups is 2. The fourth-order valence-electron chi connectivity index (χ4n) is 2.55. The molecule has 1 aliphatic heterocycles. The lowest BCUT2D eigenvalue weighted by Crippen LogP contribution is -2.42. The van der Waals surface area contributed by atoms with Gasteiger partial charge in [0.1, 0.15) is 0 Å². The summed E-state index contributed by atoms with van der Waals surface area (Å²) in [5.74, 6) is 0.239. The number of benzene rings is 2. The Labute approximate surface area is 146 Å². The van der Waals surface area contributed by atoms with Crippen molar-refractivity contribution in [3.8, 4) is 0 Å². The van der Waals surface area contributed by atoms with E-state index in [-0.39, 0.29) is 18.4 Å². The molecule has 2 aromatic carbocycles. The first kappa shape index (κ1) is 16.7. The van der Waals surface area contributed by atoms with Crippen LogP contribution in [-0.2, 0) is 21.0 Å². The number of carbonyl (C=O) groups excluding carboxylic acids is 2. The van der Waals surface area contributed by atoms with Crippen molar-refractivity contribution in [2.24, 2.45) is 5.16 Å². The smallest absolute Gasteiger partial charge is 0.269 e. The molecule has 6 heteroatoms. The molecule has 0 spiro atoms. The monoisotopic (exact) mass is 337 g/mol. The van der Waals surface area contributed by atoms with E-state index in [2.05, 4.69) is 10.5 Å². The number of hydrogen-bond acceptors (Lipinski definition) is 4.